The van der Waals surface area contributed by atoms with Crippen LogP contribution in [0, 0.1) is 0 Å². The number of allylic oxidation sites excluding steroid dienone is 6. The molecule has 2 aliphatic carbocycles. The monoisotopic (exact) mass is 206 g/mol. The lowest BCUT2D eigenvalue weighted by atomic mass is 10.2. The van der Waals surface area contributed by atoms with Crippen molar-refractivity contribution in [1.29, 1.82) is 0 Å². The van der Waals surface area contributed by atoms with Crippen LogP contribution >= 0.6 is 0 Å². The highest BCUT2D eigenvalue weighted by atomic mass is 16.3. The summed E-state index contributed by atoms with van der Waals surface area (Å²) in [6, 6.07) is 0.281. The zero-order valence-corrected chi connectivity index (χ0v) is 8.87. The van der Waals surface area contributed by atoms with Crippen LogP contribution in [0.2, 0.25) is 0 Å². The quantitative estimate of drug-likeness (QED) is 0.580. The first-order chi connectivity index (χ1) is 7.38. The molecule has 15 heavy (non-hydrogen) atoms. The summed E-state index contributed by atoms with van der Waals surface area (Å²) in [5.74, 6) is 0. The summed E-state index contributed by atoms with van der Waals surface area (Å²) in [6.45, 7) is 3.14. The maximum atomic E-state index is 8.59. The number of aliphatic hydroxyl groups is 1. The van der Waals surface area contributed by atoms with Gasteiger partial charge in [-0.3, -0.25) is 0 Å². The summed E-state index contributed by atoms with van der Waals surface area (Å²) in [5.41, 5.74) is 2.94. The van der Waals surface area contributed by atoms with Crippen LogP contribution in [0.4, 0.5) is 0 Å². The second-order valence-corrected chi connectivity index (χ2v) is 4.03. The minimum absolute atomic E-state index is 0.243. The first kappa shape index (κ1) is 10.6. The molecule has 0 aromatic heterocycles. The van der Waals surface area contributed by atoms with E-state index in [0.29, 0.717) is 0 Å². The average Bonchev–Trinajstić information content (AvgIpc) is 2.95. The molecule has 1 atom stereocenters. The fraction of sp³-hybridized carbons (Fsp3) is 0.500. The maximum Gasteiger partial charge on any atom is 0.0597 e. The molecule has 0 amide bonds. The predicted molar refractivity (Wildman–Crippen MR) is 61.7 cm³/mol. The van der Waals surface area contributed by atoms with Crippen molar-refractivity contribution in [3.05, 3.63) is 35.5 Å². The second kappa shape index (κ2) is 5.26. The Morgan fingerprint density at radius 2 is 1.93 bits per heavy atom. The first-order valence-corrected chi connectivity index (χ1v) is 5.51. The van der Waals surface area contributed by atoms with Gasteiger partial charge < -0.3 is 15.7 Å². The Kier molecular flexibility index (Phi) is 3.72. The van der Waals surface area contributed by atoms with E-state index >= 15 is 0 Å². The molecule has 0 spiro atoms. The van der Waals surface area contributed by atoms with Crippen molar-refractivity contribution in [1.82, 2.24) is 10.6 Å². The van der Waals surface area contributed by atoms with E-state index < -0.39 is 0 Å². The molecule has 3 aliphatic rings. The highest BCUT2D eigenvalue weighted by Gasteiger charge is 2.08. The van der Waals surface area contributed by atoms with Crippen molar-refractivity contribution in [3.63, 3.8) is 0 Å². The van der Waals surface area contributed by atoms with Crippen LogP contribution in [0.1, 0.15) is 6.42 Å². The van der Waals surface area contributed by atoms with E-state index in [2.05, 4.69) is 34.9 Å². The third-order valence-corrected chi connectivity index (χ3v) is 2.78. The minimum atomic E-state index is 0.243. The van der Waals surface area contributed by atoms with E-state index in [1.165, 1.54) is 17.6 Å². The molecule has 0 aromatic rings. The fourth-order valence-electron chi connectivity index (χ4n) is 1.85. The van der Waals surface area contributed by atoms with Crippen LogP contribution in [-0.4, -0.2) is 37.4 Å². The van der Waals surface area contributed by atoms with Crippen molar-refractivity contribution in [2.24, 2.45) is 0 Å². The molecule has 3 heteroatoms. The molecular weight excluding hydrogens is 188 g/mol. The molecule has 0 radical (unpaired) electrons. The van der Waals surface area contributed by atoms with Crippen LogP contribution in [0.3, 0.4) is 0 Å². The summed E-state index contributed by atoms with van der Waals surface area (Å²) in [4.78, 5) is 0. The molecule has 1 unspecified atom stereocenters. The molecule has 0 aromatic carbocycles. The Hall–Kier alpha value is -0.900. The van der Waals surface area contributed by atoms with Crippen LogP contribution < -0.4 is 10.6 Å². The molecule has 82 valence electrons. The van der Waals surface area contributed by atoms with Crippen LogP contribution in [0.15, 0.2) is 35.5 Å². The smallest absolute Gasteiger partial charge is 0.0597 e. The fourth-order valence-corrected chi connectivity index (χ4v) is 1.85. The summed E-state index contributed by atoms with van der Waals surface area (Å²) in [5, 5.41) is 14.9. The maximum absolute atomic E-state index is 8.59. The summed E-state index contributed by atoms with van der Waals surface area (Å²) < 4.78 is 0. The van der Waals surface area contributed by atoms with Crippen molar-refractivity contribution >= 4 is 0 Å². The number of nitrogens with one attached hydrogen (secondary N) is 2. The Balaban J connectivity index is 0.000000114. The van der Waals surface area contributed by atoms with Crippen LogP contribution in [0.5, 0.6) is 0 Å². The average molecular weight is 206 g/mol. The van der Waals surface area contributed by atoms with E-state index in [4.69, 9.17) is 5.11 Å². The standard InChI is InChI=1S/C7H6.C5H12N2O/c1-2-7-4-3-6(1)5-7;8-4-5-3-6-1-2-7-5/h1-4H,5H2;5-8H,1-4H2. The Bertz CT molecular complexity index is 279. The summed E-state index contributed by atoms with van der Waals surface area (Å²) in [7, 11) is 0. The molecule has 0 saturated carbocycles. The number of rotatable bonds is 1. The van der Waals surface area contributed by atoms with Gasteiger partial charge in [0, 0.05) is 25.7 Å². The topological polar surface area (TPSA) is 44.3 Å². The zero-order valence-electron chi connectivity index (χ0n) is 8.87. The van der Waals surface area contributed by atoms with Gasteiger partial charge in [0.05, 0.1) is 6.61 Å². The molecule has 1 heterocycles. The summed E-state index contributed by atoms with van der Waals surface area (Å²) in [6.07, 6.45) is 9.90. The third-order valence-electron chi connectivity index (χ3n) is 2.78. The van der Waals surface area contributed by atoms with Crippen molar-refractivity contribution < 1.29 is 5.11 Å². The molecule has 1 aliphatic heterocycles. The van der Waals surface area contributed by atoms with Gasteiger partial charge in [-0.25, -0.2) is 0 Å². The largest absolute Gasteiger partial charge is 0.395 e. The van der Waals surface area contributed by atoms with Crippen LogP contribution in [0.25, 0.3) is 0 Å². The summed E-state index contributed by atoms with van der Waals surface area (Å²) >= 11 is 0. The Morgan fingerprint density at radius 1 is 1.20 bits per heavy atom. The third kappa shape index (κ3) is 3.02. The van der Waals surface area contributed by atoms with E-state index in [1.807, 2.05) is 0 Å². The van der Waals surface area contributed by atoms with E-state index in [9.17, 15) is 0 Å². The lowest BCUT2D eigenvalue weighted by Crippen LogP contribution is -2.49. The Labute approximate surface area is 90.6 Å². The normalized spacial score (nSPS) is 26.9. The number of hydrogen-bond donors (Lipinski definition) is 3. The van der Waals surface area contributed by atoms with Gasteiger partial charge >= 0.3 is 0 Å². The van der Waals surface area contributed by atoms with Crippen LogP contribution in [-0.2, 0) is 0 Å². The minimum Gasteiger partial charge on any atom is -0.395 e. The van der Waals surface area contributed by atoms with Gasteiger partial charge in [0.25, 0.3) is 0 Å². The molecular formula is C12H18N2O. The number of fused-ring (bicyclic) bond motifs is 2. The predicted octanol–water partition coefficient (Wildman–Crippen LogP) is 0.353. The van der Waals surface area contributed by atoms with E-state index in [-0.39, 0.29) is 12.6 Å². The van der Waals surface area contributed by atoms with Gasteiger partial charge in [-0.2, -0.15) is 0 Å². The highest BCUT2D eigenvalue weighted by Crippen LogP contribution is 2.27. The molecule has 3 N–H and O–H groups in total. The molecule has 2 bridgehead atoms. The lowest BCUT2D eigenvalue weighted by molar-refractivity contribution is 0.227. The number of hydrogen-bond acceptors (Lipinski definition) is 3. The van der Waals surface area contributed by atoms with E-state index in [1.54, 1.807) is 0 Å². The van der Waals surface area contributed by atoms with E-state index in [0.717, 1.165) is 19.6 Å². The lowest BCUT2D eigenvalue weighted by Gasteiger charge is -2.21. The molecule has 3 nitrogen and oxygen atoms in total. The van der Waals surface area contributed by atoms with Gasteiger partial charge in [-0.05, 0) is 17.6 Å². The second-order valence-electron chi connectivity index (χ2n) is 4.03. The first-order valence-electron chi connectivity index (χ1n) is 5.51. The van der Waals surface area contributed by atoms with Gasteiger partial charge in [0.2, 0.25) is 0 Å². The number of piperazine rings is 1. The van der Waals surface area contributed by atoms with Crippen molar-refractivity contribution in [3.8, 4) is 0 Å². The van der Waals surface area contributed by atoms with Gasteiger partial charge in [0.15, 0.2) is 0 Å². The van der Waals surface area contributed by atoms with Gasteiger partial charge in [-0.1, -0.05) is 24.3 Å². The number of aliphatic hydroxyl groups excluding tert-OH is 1. The van der Waals surface area contributed by atoms with Gasteiger partial charge in [0.1, 0.15) is 0 Å². The van der Waals surface area contributed by atoms with Crippen molar-refractivity contribution in [2.75, 3.05) is 26.2 Å². The molecule has 1 saturated heterocycles. The molecule has 3 rings (SSSR count). The zero-order chi connectivity index (χ0) is 10.5. The highest BCUT2D eigenvalue weighted by molar-refractivity contribution is 5.49. The molecule has 1 fully saturated rings. The SMILES string of the molecule is C1=CC2=CC=C1C2.OCC1CNCCN1. The Morgan fingerprint density at radius 3 is 2.20 bits per heavy atom. The van der Waals surface area contributed by atoms with Gasteiger partial charge in [-0.15, -0.1) is 0 Å². The van der Waals surface area contributed by atoms with Crippen molar-refractivity contribution in [2.45, 2.75) is 12.5 Å².